The number of aryl methyl sites for hydroxylation is 1. The number of hydrogen-bond donors (Lipinski definition) is 0. The quantitative estimate of drug-likeness (QED) is 0.584. The molecule has 0 radical (unpaired) electrons. The van der Waals surface area contributed by atoms with Gasteiger partial charge in [-0.15, -0.1) is 0 Å². The Morgan fingerprint density at radius 1 is 1.33 bits per heavy atom. The summed E-state index contributed by atoms with van der Waals surface area (Å²) in [6, 6.07) is 7.81. The fourth-order valence-corrected chi connectivity index (χ4v) is 0.940. The maximum absolute atomic E-state index is 11.8. The lowest BCUT2D eigenvalue weighted by Gasteiger charge is -1.99. The fourth-order valence-electron chi connectivity index (χ4n) is 0.940. The summed E-state index contributed by atoms with van der Waals surface area (Å²) in [5, 5.41) is 0. The van der Waals surface area contributed by atoms with Gasteiger partial charge in [0.2, 0.25) is 0 Å². The molecular weight excluding hydrogens is 151 g/mol. The van der Waals surface area contributed by atoms with Gasteiger partial charge in [-0.3, -0.25) is 0 Å². The first-order valence-electron chi connectivity index (χ1n) is 3.77. The molecule has 62 valence electrons. The zero-order valence-corrected chi connectivity index (χ0v) is 7.05. The van der Waals surface area contributed by atoms with Crippen LogP contribution < -0.4 is 0 Å². The van der Waals surface area contributed by atoms with Gasteiger partial charge in [-0.05, 0) is 24.1 Å². The van der Waals surface area contributed by atoms with Crippen LogP contribution in [0.3, 0.4) is 0 Å². The molecule has 0 heterocycles. The van der Waals surface area contributed by atoms with Crippen molar-refractivity contribution < 1.29 is 4.39 Å². The van der Waals surface area contributed by atoms with E-state index in [1.54, 1.807) is 0 Å². The van der Waals surface area contributed by atoms with Crippen molar-refractivity contribution in [2.24, 2.45) is 0 Å². The zero-order valence-electron chi connectivity index (χ0n) is 7.05. The summed E-state index contributed by atoms with van der Waals surface area (Å²) < 4.78 is 11.8. The summed E-state index contributed by atoms with van der Waals surface area (Å²) in [5.41, 5.74) is 2.84. The summed E-state index contributed by atoms with van der Waals surface area (Å²) in [4.78, 5) is 0. The van der Waals surface area contributed by atoms with Crippen LogP contribution in [0.25, 0.3) is 5.57 Å². The van der Waals surface area contributed by atoms with Gasteiger partial charge in [0.05, 0.1) is 6.33 Å². The van der Waals surface area contributed by atoms with Gasteiger partial charge in [0.1, 0.15) is 0 Å². The van der Waals surface area contributed by atoms with Gasteiger partial charge < -0.3 is 0 Å². The largest absolute Gasteiger partial charge is 0.216 e. The van der Waals surface area contributed by atoms with E-state index in [9.17, 15) is 4.39 Å². The molecule has 0 spiro atoms. The van der Waals surface area contributed by atoms with E-state index in [4.69, 9.17) is 0 Å². The molecule has 0 nitrogen and oxygen atoms in total. The number of benzene rings is 1. The third kappa shape index (κ3) is 2.06. The molecule has 0 saturated carbocycles. The van der Waals surface area contributed by atoms with E-state index in [1.165, 1.54) is 11.6 Å². The minimum atomic E-state index is 0.502. The van der Waals surface area contributed by atoms with Crippen LogP contribution in [0.15, 0.2) is 43.3 Å². The summed E-state index contributed by atoms with van der Waals surface area (Å²) in [7, 11) is 0. The highest BCUT2D eigenvalue weighted by Crippen LogP contribution is 2.14. The van der Waals surface area contributed by atoms with Crippen molar-refractivity contribution in [1.29, 1.82) is 0 Å². The number of rotatable bonds is 2. The molecule has 1 heteroatoms. The molecule has 1 aromatic carbocycles. The van der Waals surface area contributed by atoms with Gasteiger partial charge in [-0.25, -0.2) is 4.39 Å². The second-order valence-corrected chi connectivity index (χ2v) is 2.68. The van der Waals surface area contributed by atoms with Gasteiger partial charge in [0.25, 0.3) is 0 Å². The normalized spacial score (nSPS) is 10.5. The van der Waals surface area contributed by atoms with E-state index < -0.39 is 0 Å². The first-order valence-corrected chi connectivity index (χ1v) is 3.77. The Kier molecular flexibility index (Phi) is 2.81. The van der Waals surface area contributed by atoms with Crippen molar-refractivity contribution >= 4 is 5.57 Å². The molecule has 1 rings (SSSR count). The van der Waals surface area contributed by atoms with Gasteiger partial charge in [-0.1, -0.05) is 36.4 Å². The SMILES string of the molecule is C=C(/C=C/F)c1ccc(C)cc1. The lowest BCUT2D eigenvalue weighted by molar-refractivity contribution is 0.722. The van der Waals surface area contributed by atoms with Crippen LogP contribution in [0.2, 0.25) is 0 Å². The van der Waals surface area contributed by atoms with Gasteiger partial charge >= 0.3 is 0 Å². The molecule has 0 aliphatic heterocycles. The third-order valence-electron chi connectivity index (χ3n) is 1.69. The van der Waals surface area contributed by atoms with Crippen LogP contribution in [0, 0.1) is 6.92 Å². The molecule has 0 amide bonds. The number of hydrogen-bond acceptors (Lipinski definition) is 0. The van der Waals surface area contributed by atoms with Gasteiger partial charge in [-0.2, -0.15) is 0 Å². The van der Waals surface area contributed by atoms with Crippen molar-refractivity contribution in [2.75, 3.05) is 0 Å². The molecule has 0 N–H and O–H groups in total. The van der Waals surface area contributed by atoms with Crippen LogP contribution in [0.5, 0.6) is 0 Å². The highest BCUT2D eigenvalue weighted by molar-refractivity contribution is 5.71. The summed E-state index contributed by atoms with van der Waals surface area (Å²) in [5.74, 6) is 0. The Hall–Kier alpha value is -1.37. The maximum Gasteiger partial charge on any atom is 0.0872 e. The van der Waals surface area contributed by atoms with E-state index in [2.05, 4.69) is 6.58 Å². The van der Waals surface area contributed by atoms with Crippen molar-refractivity contribution in [3.05, 3.63) is 54.4 Å². The van der Waals surface area contributed by atoms with E-state index >= 15 is 0 Å². The Morgan fingerprint density at radius 2 is 1.92 bits per heavy atom. The van der Waals surface area contributed by atoms with Crippen molar-refractivity contribution in [3.63, 3.8) is 0 Å². The van der Waals surface area contributed by atoms with Gasteiger partial charge in [0.15, 0.2) is 0 Å². The third-order valence-corrected chi connectivity index (χ3v) is 1.69. The number of halogens is 1. The highest BCUT2D eigenvalue weighted by Gasteiger charge is 1.92. The Balaban J connectivity index is 2.90. The molecule has 0 atom stereocenters. The zero-order chi connectivity index (χ0) is 8.97. The predicted molar refractivity (Wildman–Crippen MR) is 50.5 cm³/mol. The molecule has 0 bridgehead atoms. The minimum absolute atomic E-state index is 0.502. The topological polar surface area (TPSA) is 0 Å². The van der Waals surface area contributed by atoms with Gasteiger partial charge in [0, 0.05) is 0 Å². The van der Waals surface area contributed by atoms with Crippen LogP contribution in [0.1, 0.15) is 11.1 Å². The van der Waals surface area contributed by atoms with E-state index in [-0.39, 0.29) is 0 Å². The first-order chi connectivity index (χ1) is 5.74. The minimum Gasteiger partial charge on any atom is -0.216 e. The lowest BCUT2D eigenvalue weighted by Crippen LogP contribution is -1.78. The smallest absolute Gasteiger partial charge is 0.0872 e. The van der Waals surface area contributed by atoms with Crippen molar-refractivity contribution in [3.8, 4) is 0 Å². The van der Waals surface area contributed by atoms with Crippen LogP contribution in [-0.4, -0.2) is 0 Å². The number of allylic oxidation sites excluding steroid dienone is 2. The molecule has 1 aromatic rings. The molecule has 0 aliphatic carbocycles. The molecule has 0 saturated heterocycles. The van der Waals surface area contributed by atoms with Crippen LogP contribution in [-0.2, 0) is 0 Å². The monoisotopic (exact) mass is 162 g/mol. The highest BCUT2D eigenvalue weighted by atomic mass is 19.1. The fraction of sp³-hybridized carbons (Fsp3) is 0.0909. The molecular formula is C11H11F. The Morgan fingerprint density at radius 3 is 2.42 bits per heavy atom. The van der Waals surface area contributed by atoms with E-state index in [1.807, 2.05) is 31.2 Å². The molecule has 0 aromatic heterocycles. The van der Waals surface area contributed by atoms with Crippen LogP contribution in [0.4, 0.5) is 4.39 Å². The second kappa shape index (κ2) is 3.86. The maximum atomic E-state index is 11.8. The average Bonchev–Trinajstić information content (AvgIpc) is 2.06. The molecule has 12 heavy (non-hydrogen) atoms. The van der Waals surface area contributed by atoms with E-state index in [0.717, 1.165) is 5.56 Å². The molecule has 0 aliphatic rings. The van der Waals surface area contributed by atoms with Crippen molar-refractivity contribution in [2.45, 2.75) is 6.92 Å². The lowest BCUT2D eigenvalue weighted by atomic mass is 10.1. The summed E-state index contributed by atoms with van der Waals surface area (Å²) >= 11 is 0. The van der Waals surface area contributed by atoms with E-state index in [0.29, 0.717) is 11.9 Å². The second-order valence-electron chi connectivity index (χ2n) is 2.68. The van der Waals surface area contributed by atoms with Crippen molar-refractivity contribution in [1.82, 2.24) is 0 Å². The van der Waals surface area contributed by atoms with Crippen LogP contribution >= 0.6 is 0 Å². The Labute approximate surface area is 72.0 Å². The standard InChI is InChI=1S/C11H11F/c1-9-3-5-11(6-4-9)10(2)7-8-12/h3-8H,2H2,1H3/b8-7+. The average molecular weight is 162 g/mol. The Bertz CT molecular complexity index is 293. The summed E-state index contributed by atoms with van der Waals surface area (Å²) in [6.07, 6.45) is 1.85. The predicted octanol–water partition coefficient (Wildman–Crippen LogP) is 3.49. The molecule has 0 fully saturated rings. The molecule has 0 unspecified atom stereocenters. The first kappa shape index (κ1) is 8.72. The summed E-state index contributed by atoms with van der Waals surface area (Å²) in [6.45, 7) is 5.73.